The van der Waals surface area contributed by atoms with Crippen LogP contribution in [0, 0.1) is 3.83 Å². The molecule has 1 aromatic carbocycles. The van der Waals surface area contributed by atoms with E-state index >= 15 is 0 Å². The average Bonchev–Trinajstić information content (AvgIpc) is 2.39. The Bertz CT molecular complexity index is 619. The molecule has 1 aromatic heterocycles. The highest BCUT2D eigenvalue weighted by atomic mass is 127. The van der Waals surface area contributed by atoms with Gasteiger partial charge in [-0.25, -0.2) is 9.97 Å². The zero-order chi connectivity index (χ0) is 13.4. The average molecular weight is 407 g/mol. The van der Waals surface area contributed by atoms with E-state index in [4.69, 9.17) is 27.9 Å². The van der Waals surface area contributed by atoms with Crippen LogP contribution in [0.2, 0.25) is 10.2 Å². The van der Waals surface area contributed by atoms with Crippen LogP contribution in [0.4, 0.5) is 0 Å². The largest absolute Gasteiger partial charge is 0.376 e. The molecule has 0 radical (unpaired) electrons. The molecule has 6 heteroatoms. The summed E-state index contributed by atoms with van der Waals surface area (Å²) in [6.45, 7) is 1.06. The second-order valence-corrected chi connectivity index (χ2v) is 6.03. The second kappa shape index (κ2) is 5.52. The van der Waals surface area contributed by atoms with Gasteiger partial charge >= 0.3 is 0 Å². The summed E-state index contributed by atoms with van der Waals surface area (Å²) < 4.78 is 6.27. The van der Waals surface area contributed by atoms with E-state index in [9.17, 15) is 0 Å². The van der Waals surface area contributed by atoms with E-state index in [2.05, 4.69) is 32.6 Å². The predicted octanol–water partition coefficient (Wildman–Crippen LogP) is 4.05. The lowest BCUT2D eigenvalue weighted by molar-refractivity contribution is 0.0971. The molecule has 98 valence electrons. The van der Waals surface area contributed by atoms with Gasteiger partial charge in [-0.15, -0.1) is 0 Å². The van der Waals surface area contributed by atoms with Crippen molar-refractivity contribution in [3.63, 3.8) is 0 Å². The molecule has 1 aliphatic rings. The Morgan fingerprint density at radius 1 is 1.16 bits per heavy atom. The van der Waals surface area contributed by atoms with E-state index in [1.54, 1.807) is 0 Å². The second-order valence-electron chi connectivity index (χ2n) is 4.27. The van der Waals surface area contributed by atoms with Gasteiger partial charge in [-0.3, -0.25) is 0 Å². The molecule has 0 saturated heterocycles. The summed E-state index contributed by atoms with van der Waals surface area (Å²) in [6.07, 6.45) is 0. The van der Waals surface area contributed by atoms with Gasteiger partial charge in [0.2, 0.25) is 0 Å². The fourth-order valence-corrected chi connectivity index (χ4v) is 3.18. The monoisotopic (exact) mass is 406 g/mol. The number of halogens is 3. The number of benzene rings is 1. The zero-order valence-corrected chi connectivity index (χ0v) is 13.4. The molecule has 2 aromatic rings. The van der Waals surface area contributed by atoms with Crippen LogP contribution in [-0.2, 0) is 11.3 Å². The molecule has 0 fully saturated rings. The van der Waals surface area contributed by atoms with Crippen LogP contribution in [0.5, 0.6) is 0 Å². The lowest BCUT2D eigenvalue weighted by Crippen LogP contribution is -2.21. The fraction of sp³-hybridized carbons (Fsp3) is 0.231. The minimum absolute atomic E-state index is 0.0787. The number of ether oxygens (including phenoxy) is 1. The quantitative estimate of drug-likeness (QED) is 0.407. The summed E-state index contributed by atoms with van der Waals surface area (Å²) in [6, 6.07) is 7.74. The highest BCUT2D eigenvalue weighted by Crippen LogP contribution is 2.34. The van der Waals surface area contributed by atoms with Crippen molar-refractivity contribution in [3.8, 4) is 0 Å². The summed E-state index contributed by atoms with van der Waals surface area (Å²) in [7, 11) is 0. The minimum Gasteiger partial charge on any atom is -0.376 e. The predicted molar refractivity (Wildman–Crippen MR) is 82.7 cm³/mol. The van der Waals surface area contributed by atoms with Crippen LogP contribution < -0.4 is 0 Å². The van der Waals surface area contributed by atoms with E-state index in [0.717, 1.165) is 21.8 Å². The van der Waals surface area contributed by atoms with Gasteiger partial charge in [0, 0.05) is 33.2 Å². The molecule has 0 bridgehead atoms. The molecule has 0 aliphatic carbocycles. The Labute approximate surface area is 134 Å². The Hall–Kier alpha value is -0.430. The van der Waals surface area contributed by atoms with Crippen LogP contribution in [0.25, 0.3) is 0 Å². The first-order valence-corrected chi connectivity index (χ1v) is 7.53. The van der Waals surface area contributed by atoms with E-state index in [1.165, 1.54) is 0 Å². The van der Waals surface area contributed by atoms with Gasteiger partial charge in [-0.1, -0.05) is 35.3 Å². The third-order valence-electron chi connectivity index (χ3n) is 3.09. The van der Waals surface area contributed by atoms with Crippen molar-refractivity contribution in [1.82, 2.24) is 9.97 Å². The molecule has 0 spiro atoms. The third kappa shape index (κ3) is 2.72. The lowest BCUT2D eigenvalue weighted by atomic mass is 9.92. The molecule has 1 unspecified atom stereocenters. The number of aromatic nitrogens is 2. The SMILES string of the molecule is Clc1ccc(C2COCc3c(Cl)nc(I)nc32)cc1. The highest BCUT2D eigenvalue weighted by molar-refractivity contribution is 14.1. The number of fused-ring (bicyclic) bond motifs is 1. The van der Waals surface area contributed by atoms with Crippen LogP contribution in [0.1, 0.15) is 22.7 Å². The summed E-state index contributed by atoms with van der Waals surface area (Å²) >= 11 is 14.2. The van der Waals surface area contributed by atoms with Crippen LogP contribution in [0.3, 0.4) is 0 Å². The first kappa shape index (κ1) is 13.5. The number of nitrogens with zero attached hydrogens (tertiary/aromatic N) is 2. The van der Waals surface area contributed by atoms with Crippen molar-refractivity contribution in [3.05, 3.63) is 55.1 Å². The van der Waals surface area contributed by atoms with Crippen molar-refractivity contribution in [2.24, 2.45) is 0 Å². The van der Waals surface area contributed by atoms with Crippen LogP contribution in [-0.4, -0.2) is 16.6 Å². The van der Waals surface area contributed by atoms with Crippen molar-refractivity contribution >= 4 is 45.8 Å². The number of rotatable bonds is 1. The standard InChI is InChI=1S/C13H9Cl2IN2O/c14-8-3-1-7(2-4-8)9-5-19-6-10-11(9)17-13(16)18-12(10)15/h1-4,9H,5-6H2. The first-order valence-electron chi connectivity index (χ1n) is 5.70. The van der Waals surface area contributed by atoms with E-state index in [1.807, 2.05) is 24.3 Å². The summed E-state index contributed by atoms with van der Waals surface area (Å²) in [5, 5.41) is 1.20. The van der Waals surface area contributed by atoms with Crippen LogP contribution in [0.15, 0.2) is 24.3 Å². The van der Waals surface area contributed by atoms with Gasteiger partial charge < -0.3 is 4.74 Å². The smallest absolute Gasteiger partial charge is 0.192 e. The Kier molecular flexibility index (Phi) is 3.93. The summed E-state index contributed by atoms with van der Waals surface area (Å²) in [5.74, 6) is 0.0787. The third-order valence-corrected chi connectivity index (χ3v) is 4.14. The summed E-state index contributed by atoms with van der Waals surface area (Å²) in [5.41, 5.74) is 2.96. The van der Waals surface area contributed by atoms with E-state index in [0.29, 0.717) is 22.2 Å². The molecular weight excluding hydrogens is 398 g/mol. The molecule has 0 amide bonds. The van der Waals surface area contributed by atoms with Gasteiger partial charge in [0.1, 0.15) is 5.15 Å². The summed E-state index contributed by atoms with van der Waals surface area (Å²) in [4.78, 5) is 8.70. The Morgan fingerprint density at radius 3 is 2.63 bits per heavy atom. The molecule has 1 atom stereocenters. The topological polar surface area (TPSA) is 35.0 Å². The van der Waals surface area contributed by atoms with Gasteiger partial charge in [0.15, 0.2) is 3.83 Å². The molecule has 1 aliphatic heterocycles. The van der Waals surface area contributed by atoms with Crippen molar-refractivity contribution in [2.75, 3.05) is 6.61 Å². The molecule has 3 nitrogen and oxygen atoms in total. The van der Waals surface area contributed by atoms with Gasteiger partial charge in [-0.05, 0) is 17.7 Å². The van der Waals surface area contributed by atoms with Crippen molar-refractivity contribution < 1.29 is 4.74 Å². The fourth-order valence-electron chi connectivity index (χ4n) is 2.17. The van der Waals surface area contributed by atoms with Gasteiger partial charge in [0.05, 0.1) is 24.8 Å². The maximum absolute atomic E-state index is 6.17. The molecule has 0 saturated carbocycles. The van der Waals surface area contributed by atoms with Crippen molar-refractivity contribution in [1.29, 1.82) is 0 Å². The Balaban J connectivity index is 2.09. The molecule has 19 heavy (non-hydrogen) atoms. The molecular formula is C13H9Cl2IN2O. The normalized spacial score (nSPS) is 18.2. The maximum Gasteiger partial charge on any atom is 0.192 e. The highest BCUT2D eigenvalue weighted by Gasteiger charge is 2.27. The van der Waals surface area contributed by atoms with Gasteiger partial charge in [0.25, 0.3) is 0 Å². The molecule has 3 rings (SSSR count). The first-order chi connectivity index (χ1) is 9.15. The Morgan fingerprint density at radius 2 is 1.89 bits per heavy atom. The maximum atomic E-state index is 6.17. The van der Waals surface area contributed by atoms with E-state index < -0.39 is 0 Å². The minimum atomic E-state index is 0.0787. The van der Waals surface area contributed by atoms with Crippen molar-refractivity contribution in [2.45, 2.75) is 12.5 Å². The van der Waals surface area contributed by atoms with Gasteiger partial charge in [-0.2, -0.15) is 0 Å². The number of hydrogen-bond acceptors (Lipinski definition) is 3. The molecule has 0 N–H and O–H groups in total. The van der Waals surface area contributed by atoms with Crippen LogP contribution >= 0.6 is 45.8 Å². The number of hydrogen-bond donors (Lipinski definition) is 0. The lowest BCUT2D eigenvalue weighted by Gasteiger charge is -2.25. The molecule has 2 heterocycles. The van der Waals surface area contributed by atoms with E-state index in [-0.39, 0.29) is 5.92 Å². The zero-order valence-electron chi connectivity index (χ0n) is 9.74.